The Bertz CT molecular complexity index is 1090. The van der Waals surface area contributed by atoms with Crippen molar-refractivity contribution >= 4 is 43.5 Å². The minimum atomic E-state index is -0.722. The minimum absolute atomic E-state index is 0.169. The van der Waals surface area contributed by atoms with Crippen molar-refractivity contribution in [3.05, 3.63) is 75.2 Å². The highest BCUT2D eigenvalue weighted by molar-refractivity contribution is 9.11. The molecule has 0 atom stereocenters. The van der Waals surface area contributed by atoms with Crippen molar-refractivity contribution in [2.24, 2.45) is 5.16 Å². The fourth-order valence-corrected chi connectivity index (χ4v) is 4.27. The van der Waals surface area contributed by atoms with Crippen molar-refractivity contribution in [3.63, 3.8) is 0 Å². The molecule has 0 saturated heterocycles. The highest BCUT2D eigenvalue weighted by Gasteiger charge is 2.20. The second-order valence-electron chi connectivity index (χ2n) is 6.27. The first-order valence-corrected chi connectivity index (χ1v) is 10.9. The molecule has 0 amide bonds. The van der Waals surface area contributed by atoms with Crippen molar-refractivity contribution in [2.75, 3.05) is 13.7 Å². The number of hydrogen-bond donors (Lipinski definition) is 1. The van der Waals surface area contributed by atoms with E-state index in [1.54, 1.807) is 32.2 Å². The van der Waals surface area contributed by atoms with E-state index in [1.807, 2.05) is 42.5 Å². The Labute approximate surface area is 196 Å². The first-order chi connectivity index (χ1) is 15.0. The van der Waals surface area contributed by atoms with Gasteiger partial charge in [-0.2, -0.15) is 0 Å². The number of oxime groups is 1. The van der Waals surface area contributed by atoms with Crippen LogP contribution < -0.4 is 9.47 Å². The van der Waals surface area contributed by atoms with Gasteiger partial charge in [0.15, 0.2) is 11.5 Å². The smallest absolute Gasteiger partial charge is 0.361 e. The van der Waals surface area contributed by atoms with E-state index in [9.17, 15) is 10.0 Å². The summed E-state index contributed by atoms with van der Waals surface area (Å²) >= 11 is 6.93. The fourth-order valence-electron chi connectivity index (χ4n) is 2.92. The topological polar surface area (TPSA) is 77.4 Å². The van der Waals surface area contributed by atoms with E-state index in [0.29, 0.717) is 26.0 Å². The zero-order valence-electron chi connectivity index (χ0n) is 16.8. The van der Waals surface area contributed by atoms with Crippen LogP contribution in [0, 0.1) is 0 Å². The van der Waals surface area contributed by atoms with Gasteiger partial charge in [-0.05, 0) is 74.7 Å². The van der Waals surface area contributed by atoms with Gasteiger partial charge in [-0.25, -0.2) is 4.79 Å². The van der Waals surface area contributed by atoms with Gasteiger partial charge in [-0.15, -0.1) is 0 Å². The summed E-state index contributed by atoms with van der Waals surface area (Å²) in [6, 6.07) is 18.6. The third-order valence-electron chi connectivity index (χ3n) is 4.32. The van der Waals surface area contributed by atoms with Crippen molar-refractivity contribution in [2.45, 2.75) is 6.92 Å². The Morgan fingerprint density at radius 3 is 2.29 bits per heavy atom. The zero-order valence-corrected chi connectivity index (χ0v) is 19.9. The highest BCUT2D eigenvalue weighted by Crippen LogP contribution is 2.40. The van der Waals surface area contributed by atoms with Gasteiger partial charge in [0.05, 0.1) is 22.7 Å². The van der Waals surface area contributed by atoms with Gasteiger partial charge >= 0.3 is 5.97 Å². The number of hydrogen-bond acceptors (Lipinski definition) is 6. The molecule has 0 radical (unpaired) electrons. The molecule has 0 saturated carbocycles. The number of esters is 1. The second-order valence-corrected chi connectivity index (χ2v) is 7.98. The van der Waals surface area contributed by atoms with Crippen LogP contribution in [0.15, 0.2) is 74.8 Å². The zero-order chi connectivity index (χ0) is 22.4. The molecule has 0 aliphatic rings. The number of methoxy groups -OCH3 is 1. The average Bonchev–Trinajstić information content (AvgIpc) is 2.77. The largest absolute Gasteiger partial charge is 0.496 e. The second kappa shape index (κ2) is 10.5. The molecule has 0 aliphatic heterocycles. The normalized spacial score (nSPS) is 11.2. The molecule has 0 heterocycles. The van der Waals surface area contributed by atoms with Crippen LogP contribution in [0.5, 0.6) is 17.2 Å². The summed E-state index contributed by atoms with van der Waals surface area (Å²) in [6.45, 7) is 1.84. The molecular weight excluding hydrogens is 530 g/mol. The number of carbonyl (C=O) groups is 1. The number of carbonyl (C=O) groups excluding carboxylic acids is 1. The lowest BCUT2D eigenvalue weighted by Crippen LogP contribution is -2.19. The Kier molecular flexibility index (Phi) is 7.70. The lowest BCUT2D eigenvalue weighted by atomic mass is 10.0. The van der Waals surface area contributed by atoms with Gasteiger partial charge in [0.2, 0.25) is 0 Å². The van der Waals surface area contributed by atoms with Crippen molar-refractivity contribution < 1.29 is 24.2 Å². The van der Waals surface area contributed by atoms with Crippen molar-refractivity contribution in [1.29, 1.82) is 0 Å². The van der Waals surface area contributed by atoms with Crippen LogP contribution in [-0.2, 0) is 9.53 Å². The summed E-state index contributed by atoms with van der Waals surface area (Å²) in [4.78, 5) is 12.0. The Morgan fingerprint density at radius 2 is 1.71 bits per heavy atom. The molecule has 0 fully saturated rings. The molecule has 1 N–H and O–H groups in total. The predicted octanol–water partition coefficient (Wildman–Crippen LogP) is 6.42. The molecule has 8 heteroatoms. The molecule has 0 aliphatic carbocycles. The van der Waals surface area contributed by atoms with E-state index in [0.717, 1.165) is 16.9 Å². The summed E-state index contributed by atoms with van der Waals surface area (Å²) < 4.78 is 17.6. The summed E-state index contributed by atoms with van der Waals surface area (Å²) in [5.74, 6) is 1.09. The van der Waals surface area contributed by atoms with E-state index in [-0.39, 0.29) is 12.3 Å². The van der Waals surface area contributed by atoms with Gasteiger partial charge in [-0.1, -0.05) is 35.5 Å². The first-order valence-electron chi connectivity index (χ1n) is 9.28. The molecular formula is C23H19Br2NO5. The third kappa shape index (κ3) is 5.26. The summed E-state index contributed by atoms with van der Waals surface area (Å²) in [6.07, 6.45) is 0. The maximum Gasteiger partial charge on any atom is 0.361 e. The SMILES string of the molecule is CCOC(=O)/C(=N/O)c1cc(Br)c(Oc2ccc(OC)c(-c3ccccc3)c2)c(Br)c1. The van der Waals surface area contributed by atoms with Crippen LogP contribution >= 0.6 is 31.9 Å². The molecule has 3 aromatic rings. The van der Waals surface area contributed by atoms with E-state index in [1.165, 1.54) is 0 Å². The van der Waals surface area contributed by atoms with Crippen molar-refractivity contribution in [3.8, 4) is 28.4 Å². The van der Waals surface area contributed by atoms with Gasteiger partial charge in [0, 0.05) is 11.1 Å². The van der Waals surface area contributed by atoms with Crippen LogP contribution in [0.3, 0.4) is 0 Å². The minimum Gasteiger partial charge on any atom is -0.496 e. The summed E-state index contributed by atoms with van der Waals surface area (Å²) in [5.41, 5.74) is 2.05. The Hall–Kier alpha value is -2.84. The van der Waals surface area contributed by atoms with Gasteiger partial charge in [0.1, 0.15) is 11.5 Å². The monoisotopic (exact) mass is 547 g/mol. The number of rotatable bonds is 7. The van der Waals surface area contributed by atoms with Crippen LogP contribution in [0.25, 0.3) is 11.1 Å². The standard InChI is InChI=1S/C23H19Br2NO5/c1-3-30-23(27)21(26-28)15-11-18(24)22(19(25)12-15)31-16-9-10-20(29-2)17(13-16)14-7-5-4-6-8-14/h4-13,28H,3H2,1-2H3/b26-21+. The molecule has 0 spiro atoms. The van der Waals surface area contributed by atoms with E-state index in [4.69, 9.17) is 14.2 Å². The average molecular weight is 549 g/mol. The molecule has 0 unspecified atom stereocenters. The highest BCUT2D eigenvalue weighted by atomic mass is 79.9. The molecule has 3 aromatic carbocycles. The summed E-state index contributed by atoms with van der Waals surface area (Å²) in [5, 5.41) is 12.3. The molecule has 160 valence electrons. The number of benzene rings is 3. The fraction of sp³-hybridized carbons (Fsp3) is 0.130. The molecule has 0 aromatic heterocycles. The number of ether oxygens (including phenoxy) is 3. The maximum absolute atomic E-state index is 12.0. The Balaban J connectivity index is 1.96. The predicted molar refractivity (Wildman–Crippen MR) is 125 cm³/mol. The van der Waals surface area contributed by atoms with Gasteiger partial charge < -0.3 is 19.4 Å². The number of halogens is 2. The molecule has 31 heavy (non-hydrogen) atoms. The maximum atomic E-state index is 12.0. The quantitative estimate of drug-likeness (QED) is 0.159. The molecule has 3 rings (SSSR count). The van der Waals surface area contributed by atoms with Crippen LogP contribution in [-0.4, -0.2) is 30.6 Å². The molecule has 0 bridgehead atoms. The van der Waals surface area contributed by atoms with E-state index >= 15 is 0 Å². The lowest BCUT2D eigenvalue weighted by Gasteiger charge is -2.15. The Morgan fingerprint density at radius 1 is 1.03 bits per heavy atom. The summed E-state index contributed by atoms with van der Waals surface area (Å²) in [7, 11) is 1.62. The van der Waals surface area contributed by atoms with Crippen LogP contribution in [0.1, 0.15) is 12.5 Å². The van der Waals surface area contributed by atoms with Gasteiger partial charge in [-0.3, -0.25) is 0 Å². The van der Waals surface area contributed by atoms with E-state index < -0.39 is 5.97 Å². The third-order valence-corrected chi connectivity index (χ3v) is 5.49. The lowest BCUT2D eigenvalue weighted by molar-refractivity contribution is -0.135. The van der Waals surface area contributed by atoms with Crippen molar-refractivity contribution in [1.82, 2.24) is 0 Å². The number of nitrogens with zero attached hydrogens (tertiary/aromatic N) is 1. The van der Waals surface area contributed by atoms with E-state index in [2.05, 4.69) is 37.0 Å². The molecule has 6 nitrogen and oxygen atoms in total. The first kappa shape index (κ1) is 22.8. The van der Waals surface area contributed by atoms with Crippen LogP contribution in [0.4, 0.5) is 0 Å². The van der Waals surface area contributed by atoms with Crippen LogP contribution in [0.2, 0.25) is 0 Å². The van der Waals surface area contributed by atoms with Gasteiger partial charge in [0.25, 0.3) is 0 Å².